The number of aryl methyl sites for hydroxylation is 1. The van der Waals surface area contributed by atoms with Crippen LogP contribution >= 0.6 is 23.2 Å². The highest BCUT2D eigenvalue weighted by Crippen LogP contribution is 2.23. The van der Waals surface area contributed by atoms with Gasteiger partial charge in [-0.2, -0.15) is 0 Å². The normalized spacial score (nSPS) is 12.4. The average molecular weight is 262 g/mol. The van der Waals surface area contributed by atoms with Gasteiger partial charge < -0.3 is 10.4 Å². The van der Waals surface area contributed by atoms with E-state index in [1.165, 1.54) is 0 Å². The minimum atomic E-state index is -0.845. The Labute approximate surface area is 104 Å². The maximum Gasteiger partial charge on any atom is 0.320 e. The molecule has 0 bridgehead atoms. The molecule has 1 atom stereocenters. The number of benzene rings is 1. The summed E-state index contributed by atoms with van der Waals surface area (Å²) in [6, 6.07) is 4.80. The molecule has 1 aromatic carbocycles. The number of carbonyl (C=O) groups is 1. The van der Waals surface area contributed by atoms with E-state index in [-0.39, 0.29) is 0 Å². The van der Waals surface area contributed by atoms with E-state index in [1.54, 1.807) is 19.2 Å². The lowest BCUT2D eigenvalue weighted by atomic mass is 10.1. The zero-order valence-corrected chi connectivity index (χ0v) is 10.3. The van der Waals surface area contributed by atoms with Gasteiger partial charge in [-0.05, 0) is 37.6 Å². The van der Waals surface area contributed by atoms with E-state index in [0.29, 0.717) is 22.9 Å². The van der Waals surface area contributed by atoms with Crippen LogP contribution in [-0.4, -0.2) is 24.2 Å². The van der Waals surface area contributed by atoms with Crippen LogP contribution in [0.4, 0.5) is 0 Å². The van der Waals surface area contributed by atoms with Crippen molar-refractivity contribution in [2.45, 2.75) is 18.9 Å². The molecule has 0 saturated carbocycles. The first-order valence-electron chi connectivity index (χ1n) is 4.88. The van der Waals surface area contributed by atoms with Crippen molar-refractivity contribution in [2.24, 2.45) is 0 Å². The smallest absolute Gasteiger partial charge is 0.320 e. The van der Waals surface area contributed by atoms with Gasteiger partial charge in [0.05, 0.1) is 10.0 Å². The van der Waals surface area contributed by atoms with Gasteiger partial charge in [-0.3, -0.25) is 4.79 Å². The summed E-state index contributed by atoms with van der Waals surface area (Å²) >= 11 is 11.6. The van der Waals surface area contributed by atoms with Gasteiger partial charge in [0, 0.05) is 0 Å². The minimum Gasteiger partial charge on any atom is -0.480 e. The molecule has 3 nitrogen and oxygen atoms in total. The third-order valence-corrected chi connectivity index (χ3v) is 3.09. The van der Waals surface area contributed by atoms with Crippen molar-refractivity contribution in [3.8, 4) is 0 Å². The van der Waals surface area contributed by atoms with E-state index >= 15 is 0 Å². The summed E-state index contributed by atoms with van der Waals surface area (Å²) in [5, 5.41) is 12.6. The molecule has 0 aliphatic carbocycles. The molecule has 2 N–H and O–H groups in total. The van der Waals surface area contributed by atoms with Crippen LogP contribution in [0.3, 0.4) is 0 Å². The lowest BCUT2D eigenvalue weighted by Gasteiger charge is -2.10. The van der Waals surface area contributed by atoms with E-state index in [1.807, 2.05) is 6.07 Å². The number of halogens is 2. The second-order valence-electron chi connectivity index (χ2n) is 3.47. The Hall–Kier alpha value is -0.770. The summed E-state index contributed by atoms with van der Waals surface area (Å²) in [7, 11) is 1.63. The van der Waals surface area contributed by atoms with Crippen molar-refractivity contribution in [1.29, 1.82) is 0 Å². The number of carboxylic acid groups (broad SMARTS) is 1. The standard InChI is InChI=1S/C11H13Cl2NO2/c1-14-10(11(15)16)5-3-7-2-4-8(12)9(13)6-7/h2,4,6,10,14H,3,5H2,1H3,(H,15,16). The van der Waals surface area contributed by atoms with Crippen molar-refractivity contribution >= 4 is 29.2 Å². The van der Waals surface area contributed by atoms with Crippen LogP contribution in [0.2, 0.25) is 10.0 Å². The number of nitrogens with one attached hydrogen (secondary N) is 1. The molecule has 0 amide bonds. The molecule has 1 rings (SSSR count). The highest BCUT2D eigenvalue weighted by Gasteiger charge is 2.14. The lowest BCUT2D eigenvalue weighted by Crippen LogP contribution is -2.34. The van der Waals surface area contributed by atoms with Crippen LogP contribution in [0, 0.1) is 0 Å². The molecule has 0 fully saturated rings. The molecule has 0 saturated heterocycles. The van der Waals surface area contributed by atoms with Crippen LogP contribution in [0.5, 0.6) is 0 Å². The second kappa shape index (κ2) is 6.09. The van der Waals surface area contributed by atoms with Gasteiger partial charge in [0.15, 0.2) is 0 Å². The summed E-state index contributed by atoms with van der Waals surface area (Å²) in [5.74, 6) is -0.845. The van der Waals surface area contributed by atoms with Gasteiger partial charge in [0.2, 0.25) is 0 Å². The maximum atomic E-state index is 10.8. The third kappa shape index (κ3) is 3.67. The van der Waals surface area contributed by atoms with Crippen molar-refractivity contribution < 1.29 is 9.90 Å². The molecule has 0 radical (unpaired) electrons. The molecule has 0 aliphatic rings. The Morgan fingerprint density at radius 2 is 2.12 bits per heavy atom. The Kier molecular flexibility index (Phi) is 5.06. The topological polar surface area (TPSA) is 49.3 Å². The Morgan fingerprint density at radius 3 is 2.62 bits per heavy atom. The Balaban J connectivity index is 2.60. The minimum absolute atomic E-state index is 0.496. The lowest BCUT2D eigenvalue weighted by molar-refractivity contribution is -0.139. The molecule has 88 valence electrons. The van der Waals surface area contributed by atoms with Crippen LogP contribution in [0.1, 0.15) is 12.0 Å². The van der Waals surface area contributed by atoms with Crippen molar-refractivity contribution in [3.05, 3.63) is 33.8 Å². The van der Waals surface area contributed by atoms with Crippen LogP contribution in [0.15, 0.2) is 18.2 Å². The fraction of sp³-hybridized carbons (Fsp3) is 0.364. The third-order valence-electron chi connectivity index (χ3n) is 2.35. The molecule has 16 heavy (non-hydrogen) atoms. The van der Waals surface area contributed by atoms with E-state index in [2.05, 4.69) is 5.32 Å². The number of hydrogen-bond acceptors (Lipinski definition) is 2. The van der Waals surface area contributed by atoms with Crippen LogP contribution in [-0.2, 0) is 11.2 Å². The largest absolute Gasteiger partial charge is 0.480 e. The van der Waals surface area contributed by atoms with E-state index < -0.39 is 12.0 Å². The highest BCUT2D eigenvalue weighted by molar-refractivity contribution is 6.42. The Morgan fingerprint density at radius 1 is 1.44 bits per heavy atom. The molecule has 1 aromatic rings. The number of rotatable bonds is 5. The first kappa shape index (κ1) is 13.3. The molecule has 5 heteroatoms. The molecule has 1 unspecified atom stereocenters. The average Bonchev–Trinajstić information content (AvgIpc) is 2.23. The molecule has 0 spiro atoms. The highest BCUT2D eigenvalue weighted by atomic mass is 35.5. The van der Waals surface area contributed by atoms with Gasteiger partial charge in [-0.15, -0.1) is 0 Å². The molecular formula is C11H13Cl2NO2. The van der Waals surface area contributed by atoms with E-state index in [4.69, 9.17) is 28.3 Å². The first-order chi connectivity index (χ1) is 7.54. The first-order valence-corrected chi connectivity index (χ1v) is 5.64. The molecule has 0 heterocycles. The van der Waals surface area contributed by atoms with Crippen LogP contribution < -0.4 is 5.32 Å². The van der Waals surface area contributed by atoms with Crippen molar-refractivity contribution in [1.82, 2.24) is 5.32 Å². The number of aliphatic carboxylic acids is 1. The number of carboxylic acids is 1. The molecular weight excluding hydrogens is 249 g/mol. The fourth-order valence-corrected chi connectivity index (χ4v) is 1.72. The van der Waals surface area contributed by atoms with Gasteiger partial charge in [-0.25, -0.2) is 0 Å². The summed E-state index contributed by atoms with van der Waals surface area (Å²) in [5.41, 5.74) is 0.982. The monoisotopic (exact) mass is 261 g/mol. The van der Waals surface area contributed by atoms with Gasteiger partial charge in [0.25, 0.3) is 0 Å². The van der Waals surface area contributed by atoms with E-state index in [9.17, 15) is 4.79 Å². The van der Waals surface area contributed by atoms with Gasteiger partial charge >= 0.3 is 5.97 Å². The summed E-state index contributed by atoms with van der Waals surface area (Å²) in [4.78, 5) is 10.8. The van der Waals surface area contributed by atoms with Gasteiger partial charge in [-0.1, -0.05) is 29.3 Å². The van der Waals surface area contributed by atoms with E-state index in [0.717, 1.165) is 5.56 Å². The zero-order chi connectivity index (χ0) is 12.1. The Bertz CT molecular complexity index is 382. The molecule has 0 aromatic heterocycles. The quantitative estimate of drug-likeness (QED) is 0.857. The summed E-state index contributed by atoms with van der Waals surface area (Å²) < 4.78 is 0. The summed E-state index contributed by atoms with van der Waals surface area (Å²) in [6.45, 7) is 0. The number of hydrogen-bond donors (Lipinski definition) is 2. The second-order valence-corrected chi connectivity index (χ2v) is 4.28. The van der Waals surface area contributed by atoms with Gasteiger partial charge in [0.1, 0.15) is 6.04 Å². The summed E-state index contributed by atoms with van der Waals surface area (Å²) in [6.07, 6.45) is 1.17. The van der Waals surface area contributed by atoms with Crippen molar-refractivity contribution in [2.75, 3.05) is 7.05 Å². The predicted molar refractivity (Wildman–Crippen MR) is 65.3 cm³/mol. The van der Waals surface area contributed by atoms with Crippen LogP contribution in [0.25, 0.3) is 0 Å². The zero-order valence-electron chi connectivity index (χ0n) is 8.84. The van der Waals surface area contributed by atoms with Crippen molar-refractivity contribution in [3.63, 3.8) is 0 Å². The maximum absolute atomic E-state index is 10.8. The SMILES string of the molecule is CNC(CCc1ccc(Cl)c(Cl)c1)C(=O)O. The fourth-order valence-electron chi connectivity index (χ4n) is 1.40. The molecule has 0 aliphatic heterocycles. The number of likely N-dealkylation sites (N-methyl/N-ethyl adjacent to an activating group) is 1. The predicted octanol–water partition coefficient (Wildman–Crippen LogP) is 2.60.